The van der Waals surface area contributed by atoms with Gasteiger partial charge in [-0.25, -0.2) is 9.78 Å². The monoisotopic (exact) mass is 256 g/mol. The van der Waals surface area contributed by atoms with Gasteiger partial charge in [0, 0.05) is 18.5 Å². The predicted molar refractivity (Wildman–Crippen MR) is 71.7 cm³/mol. The van der Waals surface area contributed by atoms with Crippen LogP contribution in [0.2, 0.25) is 0 Å². The summed E-state index contributed by atoms with van der Waals surface area (Å²) in [5.74, 6) is -0.547. The Bertz CT molecular complexity index is 805. The minimum absolute atomic E-state index is 0.0132. The van der Waals surface area contributed by atoms with Crippen molar-refractivity contribution < 1.29 is 14.6 Å². The van der Waals surface area contributed by atoms with Crippen molar-refractivity contribution >= 4 is 27.9 Å². The molecule has 2 heterocycles. The molecule has 0 aliphatic rings. The van der Waals surface area contributed by atoms with Crippen molar-refractivity contribution in [1.82, 2.24) is 9.55 Å². The first-order valence-electron chi connectivity index (χ1n) is 5.79. The molecule has 3 aromatic rings. The van der Waals surface area contributed by atoms with Crippen LogP contribution in [0.1, 0.15) is 10.5 Å². The summed E-state index contributed by atoms with van der Waals surface area (Å²) in [7, 11) is 3.44. The zero-order valence-corrected chi connectivity index (χ0v) is 10.5. The Labute approximate surface area is 109 Å². The Hall–Kier alpha value is -2.56. The maximum atomic E-state index is 11.1. The molecule has 0 bridgehead atoms. The number of carboxylic acid groups (broad SMARTS) is 1. The lowest BCUT2D eigenvalue weighted by Gasteiger charge is -2.05. The molecule has 0 aliphatic heterocycles. The Morgan fingerprint density at radius 2 is 2.11 bits per heavy atom. The molecule has 3 rings (SSSR count). The average Bonchev–Trinajstić information content (AvgIpc) is 2.72. The predicted octanol–water partition coefficient (Wildman–Crippen LogP) is 2.43. The highest BCUT2D eigenvalue weighted by molar-refractivity contribution is 6.08. The smallest absolute Gasteiger partial charge is 0.354 e. The van der Waals surface area contributed by atoms with Crippen molar-refractivity contribution in [1.29, 1.82) is 0 Å². The lowest BCUT2D eigenvalue weighted by Crippen LogP contribution is -2.02. The van der Waals surface area contributed by atoms with Crippen LogP contribution in [0.3, 0.4) is 0 Å². The number of hydrogen-bond donors (Lipinski definition) is 1. The van der Waals surface area contributed by atoms with Gasteiger partial charge in [0.05, 0.1) is 12.6 Å². The molecule has 1 aromatic carbocycles. The number of carboxylic acids is 1. The number of fused-ring (bicyclic) bond motifs is 3. The zero-order chi connectivity index (χ0) is 13.6. The fourth-order valence-electron chi connectivity index (χ4n) is 2.38. The fourth-order valence-corrected chi connectivity index (χ4v) is 2.38. The topological polar surface area (TPSA) is 64.3 Å². The van der Waals surface area contributed by atoms with E-state index in [1.165, 1.54) is 13.2 Å². The first-order chi connectivity index (χ1) is 9.13. The number of methoxy groups -OCH3 is 1. The molecule has 0 radical (unpaired) electrons. The van der Waals surface area contributed by atoms with Crippen molar-refractivity contribution in [2.24, 2.45) is 7.05 Å². The zero-order valence-electron chi connectivity index (χ0n) is 10.5. The summed E-state index contributed by atoms with van der Waals surface area (Å²) in [5.41, 5.74) is 2.43. The van der Waals surface area contributed by atoms with E-state index in [-0.39, 0.29) is 5.69 Å². The maximum absolute atomic E-state index is 11.1. The molecule has 0 amide bonds. The molecule has 0 aliphatic carbocycles. The molecule has 1 N–H and O–H groups in total. The molecular formula is C14H12N2O3. The molecule has 0 spiro atoms. The van der Waals surface area contributed by atoms with Crippen LogP contribution in [0.15, 0.2) is 30.3 Å². The highest BCUT2D eigenvalue weighted by Crippen LogP contribution is 2.33. The third-order valence-electron chi connectivity index (χ3n) is 3.25. The summed E-state index contributed by atoms with van der Waals surface area (Å²) >= 11 is 0. The number of rotatable bonds is 2. The summed E-state index contributed by atoms with van der Waals surface area (Å²) in [5, 5.41) is 10.0. The van der Waals surface area contributed by atoms with Gasteiger partial charge in [0.15, 0.2) is 5.69 Å². The molecule has 5 nitrogen and oxygen atoms in total. The number of aryl methyl sites for hydroxylation is 1. The largest absolute Gasteiger partial charge is 0.494 e. The number of aromatic nitrogens is 2. The van der Waals surface area contributed by atoms with Crippen molar-refractivity contribution in [2.45, 2.75) is 0 Å². The summed E-state index contributed by atoms with van der Waals surface area (Å²) in [6, 6.07) is 9.19. The maximum Gasteiger partial charge on any atom is 0.354 e. The number of nitrogens with zero attached hydrogens (tertiary/aromatic N) is 2. The van der Waals surface area contributed by atoms with E-state index < -0.39 is 5.97 Å². The second kappa shape index (κ2) is 3.98. The van der Waals surface area contributed by atoms with Crippen LogP contribution in [0, 0.1) is 0 Å². The van der Waals surface area contributed by atoms with Crippen molar-refractivity contribution in [2.75, 3.05) is 7.11 Å². The van der Waals surface area contributed by atoms with E-state index in [9.17, 15) is 4.79 Å². The van der Waals surface area contributed by atoms with Gasteiger partial charge in [-0.3, -0.25) is 0 Å². The van der Waals surface area contributed by atoms with Crippen LogP contribution < -0.4 is 4.74 Å². The number of para-hydroxylation sites is 1. The quantitative estimate of drug-likeness (QED) is 0.764. The van der Waals surface area contributed by atoms with Crippen LogP contribution in [-0.4, -0.2) is 27.7 Å². The van der Waals surface area contributed by atoms with E-state index in [1.807, 2.05) is 35.9 Å². The van der Waals surface area contributed by atoms with Gasteiger partial charge in [-0.1, -0.05) is 18.2 Å². The van der Waals surface area contributed by atoms with Crippen LogP contribution in [0.5, 0.6) is 5.75 Å². The third-order valence-corrected chi connectivity index (χ3v) is 3.25. The van der Waals surface area contributed by atoms with Gasteiger partial charge in [0.1, 0.15) is 16.8 Å². The van der Waals surface area contributed by atoms with E-state index in [0.717, 1.165) is 16.4 Å². The fraction of sp³-hybridized carbons (Fsp3) is 0.143. The number of hydrogen-bond acceptors (Lipinski definition) is 3. The number of ether oxygens (including phenoxy) is 1. The second-order valence-corrected chi connectivity index (χ2v) is 4.29. The van der Waals surface area contributed by atoms with Gasteiger partial charge in [0.2, 0.25) is 0 Å². The summed E-state index contributed by atoms with van der Waals surface area (Å²) < 4.78 is 7.26. The molecule has 0 fully saturated rings. The van der Waals surface area contributed by atoms with Gasteiger partial charge in [-0.15, -0.1) is 0 Å². The Morgan fingerprint density at radius 1 is 1.37 bits per heavy atom. The number of aromatic carboxylic acids is 1. The van der Waals surface area contributed by atoms with E-state index >= 15 is 0 Å². The molecule has 19 heavy (non-hydrogen) atoms. The molecule has 96 valence electrons. The Kier molecular flexibility index (Phi) is 2.41. The molecule has 0 saturated heterocycles. The molecule has 0 unspecified atom stereocenters. The minimum atomic E-state index is -1.06. The summed E-state index contributed by atoms with van der Waals surface area (Å²) in [6.07, 6.45) is 0. The Balaban J connectivity index is 2.55. The number of carbonyl (C=O) groups is 1. The molecule has 2 aromatic heterocycles. The van der Waals surface area contributed by atoms with Crippen LogP contribution >= 0.6 is 0 Å². The number of pyridine rings is 1. The lowest BCUT2D eigenvalue weighted by molar-refractivity contribution is 0.0690. The van der Waals surface area contributed by atoms with Gasteiger partial charge in [-0.2, -0.15) is 0 Å². The van der Waals surface area contributed by atoms with Crippen molar-refractivity contribution in [3.8, 4) is 5.75 Å². The van der Waals surface area contributed by atoms with E-state index in [0.29, 0.717) is 11.3 Å². The standard InChI is InChI=1S/C14H12N2O3/c1-16-10-6-4-3-5-8(10)12-13(16)11(19-2)7-9(15-12)14(17)18/h3-7H,1-2H3,(H,17,18). The van der Waals surface area contributed by atoms with Crippen molar-refractivity contribution in [3.63, 3.8) is 0 Å². The number of benzene rings is 1. The van der Waals surface area contributed by atoms with Crippen LogP contribution in [-0.2, 0) is 7.05 Å². The molecule has 5 heteroatoms. The first kappa shape index (κ1) is 11.5. The molecule has 0 saturated carbocycles. The molecule has 0 atom stereocenters. The lowest BCUT2D eigenvalue weighted by atomic mass is 10.2. The van der Waals surface area contributed by atoms with E-state index in [2.05, 4.69) is 4.98 Å². The summed E-state index contributed by atoms with van der Waals surface area (Å²) in [6.45, 7) is 0. The van der Waals surface area contributed by atoms with E-state index in [1.54, 1.807) is 0 Å². The van der Waals surface area contributed by atoms with Crippen LogP contribution in [0.4, 0.5) is 0 Å². The van der Waals surface area contributed by atoms with Crippen LogP contribution in [0.25, 0.3) is 21.9 Å². The SMILES string of the molecule is COc1cc(C(=O)O)nc2c3ccccc3n(C)c12. The highest BCUT2D eigenvalue weighted by atomic mass is 16.5. The normalized spacial score (nSPS) is 11.1. The summed E-state index contributed by atoms with van der Waals surface area (Å²) in [4.78, 5) is 15.4. The second-order valence-electron chi connectivity index (χ2n) is 4.29. The van der Waals surface area contributed by atoms with E-state index in [4.69, 9.17) is 9.84 Å². The highest BCUT2D eigenvalue weighted by Gasteiger charge is 2.17. The Morgan fingerprint density at radius 3 is 2.79 bits per heavy atom. The van der Waals surface area contributed by atoms with Gasteiger partial charge in [0.25, 0.3) is 0 Å². The van der Waals surface area contributed by atoms with Gasteiger partial charge < -0.3 is 14.4 Å². The molecular weight excluding hydrogens is 244 g/mol. The third kappa shape index (κ3) is 1.55. The minimum Gasteiger partial charge on any atom is -0.494 e. The first-order valence-corrected chi connectivity index (χ1v) is 5.79. The van der Waals surface area contributed by atoms with Gasteiger partial charge in [-0.05, 0) is 6.07 Å². The van der Waals surface area contributed by atoms with Crippen molar-refractivity contribution in [3.05, 3.63) is 36.0 Å². The average molecular weight is 256 g/mol. The van der Waals surface area contributed by atoms with Gasteiger partial charge >= 0.3 is 5.97 Å².